The molecular weight excluding hydrogens is 973 g/mol. The van der Waals surface area contributed by atoms with Gasteiger partial charge in [0, 0.05) is 19.3 Å². The second kappa shape index (κ2) is 67.6. The van der Waals surface area contributed by atoms with Crippen LogP contribution in [0.25, 0.3) is 0 Å². The summed E-state index contributed by atoms with van der Waals surface area (Å²) in [5, 5.41) is 0. The Bertz CT molecular complexity index is 1410. The SMILES string of the molecule is CC/C=C\C/C=C\C/C=C\C/C=C\CCC(=O)OCC(COC(=O)CCCCCCCCCCCCCCCCCCCCCCC/C=C\CCCCCCCCCC)OC(=O)CCCCCCCCCCCCCCCCC. The third-order valence-corrected chi connectivity index (χ3v) is 15.5. The zero-order valence-corrected chi connectivity index (χ0v) is 52.9. The predicted octanol–water partition coefficient (Wildman–Crippen LogP) is 23.9. The number of hydrogen-bond donors (Lipinski definition) is 0. The van der Waals surface area contributed by atoms with E-state index in [1.54, 1.807) is 0 Å². The summed E-state index contributed by atoms with van der Waals surface area (Å²) in [5.74, 6) is -0.956. The quantitative estimate of drug-likeness (QED) is 0.0261. The number of ether oxygens (including phenoxy) is 3. The van der Waals surface area contributed by atoms with Gasteiger partial charge in [0.1, 0.15) is 13.2 Å². The van der Waals surface area contributed by atoms with Crippen molar-refractivity contribution in [2.24, 2.45) is 0 Å². The third kappa shape index (κ3) is 65.8. The van der Waals surface area contributed by atoms with Crippen LogP contribution in [0.15, 0.2) is 60.8 Å². The van der Waals surface area contributed by atoms with Crippen molar-refractivity contribution in [3.8, 4) is 0 Å². The maximum atomic E-state index is 12.9. The van der Waals surface area contributed by atoms with Crippen LogP contribution in [0.1, 0.15) is 367 Å². The molecule has 0 saturated heterocycles. The first-order chi connectivity index (χ1) is 39.0. The molecule has 0 aromatic carbocycles. The van der Waals surface area contributed by atoms with Crippen molar-refractivity contribution in [2.75, 3.05) is 13.2 Å². The molecule has 0 bridgehead atoms. The van der Waals surface area contributed by atoms with E-state index in [-0.39, 0.29) is 37.5 Å². The maximum absolute atomic E-state index is 12.9. The van der Waals surface area contributed by atoms with Crippen molar-refractivity contribution in [2.45, 2.75) is 374 Å². The summed E-state index contributed by atoms with van der Waals surface area (Å²) in [5.41, 5.74) is 0. The van der Waals surface area contributed by atoms with Crippen LogP contribution >= 0.6 is 0 Å². The number of carbonyl (C=O) groups is 3. The van der Waals surface area contributed by atoms with Crippen LogP contribution < -0.4 is 0 Å². The first-order valence-corrected chi connectivity index (χ1v) is 34.8. The van der Waals surface area contributed by atoms with Gasteiger partial charge in [-0.05, 0) is 70.6 Å². The summed E-state index contributed by atoms with van der Waals surface area (Å²) in [4.78, 5) is 38.2. The third-order valence-electron chi connectivity index (χ3n) is 15.5. The molecule has 6 heteroatoms. The highest BCUT2D eigenvalue weighted by Crippen LogP contribution is 2.18. The smallest absolute Gasteiger partial charge is 0.306 e. The van der Waals surface area contributed by atoms with Gasteiger partial charge in [-0.25, -0.2) is 0 Å². The molecule has 0 radical (unpaired) electrons. The van der Waals surface area contributed by atoms with Crippen molar-refractivity contribution in [1.82, 2.24) is 0 Å². The Morgan fingerprint density at radius 2 is 0.519 bits per heavy atom. The van der Waals surface area contributed by atoms with Gasteiger partial charge < -0.3 is 14.2 Å². The monoisotopic (exact) mass is 1110 g/mol. The second-order valence-electron chi connectivity index (χ2n) is 23.4. The molecule has 0 fully saturated rings. The van der Waals surface area contributed by atoms with Crippen LogP contribution in [0.4, 0.5) is 0 Å². The Hall–Kier alpha value is -2.89. The van der Waals surface area contributed by atoms with Crippen molar-refractivity contribution in [3.05, 3.63) is 60.8 Å². The van der Waals surface area contributed by atoms with E-state index >= 15 is 0 Å². The van der Waals surface area contributed by atoms with Crippen molar-refractivity contribution in [1.29, 1.82) is 0 Å². The normalized spacial score (nSPS) is 12.4. The predicted molar refractivity (Wildman–Crippen MR) is 344 cm³/mol. The lowest BCUT2D eigenvalue weighted by Crippen LogP contribution is -2.30. The lowest BCUT2D eigenvalue weighted by Gasteiger charge is -2.18. The Labute approximate surface area is 491 Å². The molecule has 1 unspecified atom stereocenters. The second-order valence-corrected chi connectivity index (χ2v) is 23.4. The molecule has 6 nitrogen and oxygen atoms in total. The molecule has 460 valence electrons. The molecule has 0 aliphatic heterocycles. The first-order valence-electron chi connectivity index (χ1n) is 34.8. The fourth-order valence-corrected chi connectivity index (χ4v) is 10.3. The summed E-state index contributed by atoms with van der Waals surface area (Å²) >= 11 is 0. The molecule has 0 N–H and O–H groups in total. The number of esters is 3. The van der Waals surface area contributed by atoms with E-state index in [1.165, 1.54) is 257 Å². The molecule has 0 spiro atoms. The molecule has 0 aromatic heterocycles. The summed E-state index contributed by atoms with van der Waals surface area (Å²) in [6.45, 7) is 6.51. The van der Waals surface area contributed by atoms with E-state index in [1.807, 2.05) is 6.08 Å². The lowest BCUT2D eigenvalue weighted by atomic mass is 10.0. The Morgan fingerprint density at radius 3 is 0.848 bits per heavy atom. The highest BCUT2D eigenvalue weighted by atomic mass is 16.6. The van der Waals surface area contributed by atoms with Crippen LogP contribution in [0.2, 0.25) is 0 Å². The van der Waals surface area contributed by atoms with E-state index in [0.717, 1.165) is 64.2 Å². The topological polar surface area (TPSA) is 78.9 Å². The molecule has 0 aromatic rings. The van der Waals surface area contributed by atoms with E-state index in [9.17, 15) is 14.4 Å². The Morgan fingerprint density at radius 1 is 0.266 bits per heavy atom. The molecule has 0 heterocycles. The first kappa shape index (κ1) is 76.1. The molecule has 1 atom stereocenters. The molecule has 0 aliphatic rings. The molecule has 0 rings (SSSR count). The number of carbonyl (C=O) groups excluding carboxylic acids is 3. The minimum Gasteiger partial charge on any atom is -0.462 e. The lowest BCUT2D eigenvalue weighted by molar-refractivity contribution is -0.166. The van der Waals surface area contributed by atoms with E-state index in [0.29, 0.717) is 19.3 Å². The van der Waals surface area contributed by atoms with Crippen molar-refractivity contribution >= 4 is 17.9 Å². The fraction of sp³-hybridized carbons (Fsp3) is 0.822. The van der Waals surface area contributed by atoms with Gasteiger partial charge in [-0.1, -0.05) is 338 Å². The van der Waals surface area contributed by atoms with Crippen LogP contribution in [-0.2, 0) is 28.6 Å². The fourth-order valence-electron chi connectivity index (χ4n) is 10.3. The average molecular weight is 1110 g/mol. The van der Waals surface area contributed by atoms with Gasteiger partial charge in [0.05, 0.1) is 0 Å². The van der Waals surface area contributed by atoms with Crippen LogP contribution in [-0.4, -0.2) is 37.2 Å². The minimum absolute atomic E-state index is 0.0914. The van der Waals surface area contributed by atoms with Gasteiger partial charge in [0.15, 0.2) is 6.10 Å². The van der Waals surface area contributed by atoms with Gasteiger partial charge in [0.2, 0.25) is 0 Å². The zero-order chi connectivity index (χ0) is 57.1. The summed E-state index contributed by atoms with van der Waals surface area (Å²) in [6, 6.07) is 0. The van der Waals surface area contributed by atoms with Crippen molar-refractivity contribution < 1.29 is 28.6 Å². The average Bonchev–Trinajstić information content (AvgIpc) is 3.45. The summed E-state index contributed by atoms with van der Waals surface area (Å²) in [6.07, 6.45) is 87.2. The maximum Gasteiger partial charge on any atom is 0.306 e. The Balaban J connectivity index is 4.11. The molecule has 0 saturated carbocycles. The molecule has 79 heavy (non-hydrogen) atoms. The van der Waals surface area contributed by atoms with Crippen LogP contribution in [0.5, 0.6) is 0 Å². The van der Waals surface area contributed by atoms with Gasteiger partial charge in [-0.15, -0.1) is 0 Å². The number of allylic oxidation sites excluding steroid dienone is 10. The molecule has 0 aliphatic carbocycles. The van der Waals surface area contributed by atoms with Gasteiger partial charge in [0.25, 0.3) is 0 Å². The number of unbranched alkanes of at least 4 members (excludes halogenated alkanes) is 43. The minimum atomic E-state index is -0.800. The largest absolute Gasteiger partial charge is 0.462 e. The van der Waals surface area contributed by atoms with Crippen molar-refractivity contribution in [3.63, 3.8) is 0 Å². The Kier molecular flexibility index (Phi) is 65.1. The van der Waals surface area contributed by atoms with E-state index in [2.05, 4.69) is 75.5 Å². The van der Waals surface area contributed by atoms with Gasteiger partial charge in [-0.2, -0.15) is 0 Å². The molecule has 0 amide bonds. The number of rotatable bonds is 64. The van der Waals surface area contributed by atoms with Crippen LogP contribution in [0, 0.1) is 0 Å². The highest BCUT2D eigenvalue weighted by molar-refractivity contribution is 5.71. The summed E-state index contributed by atoms with van der Waals surface area (Å²) < 4.78 is 16.9. The number of hydrogen-bond acceptors (Lipinski definition) is 6. The van der Waals surface area contributed by atoms with Gasteiger partial charge >= 0.3 is 17.9 Å². The zero-order valence-electron chi connectivity index (χ0n) is 52.9. The summed E-state index contributed by atoms with van der Waals surface area (Å²) in [7, 11) is 0. The van der Waals surface area contributed by atoms with E-state index in [4.69, 9.17) is 14.2 Å². The standard InChI is InChI=1S/C73H132O6/c1-4-7-10-13-16-19-22-25-27-28-29-30-31-32-33-34-35-36-37-38-39-40-41-42-43-44-46-48-51-54-57-60-63-66-72(75)78-69-70(68-77-71(74)65-62-59-56-53-50-47-24-21-18-15-12-9-6-3)79-73(76)67-64-61-58-55-52-49-45-26-23-20-17-14-11-8-5-2/h9,12,18,21,28-29,47,50,56,59,70H,4-8,10-11,13-17,19-20,22-27,30-46,48-49,51-55,57-58,60-69H2,1-3H3/b12-9-,21-18-,29-28-,50-47-,59-56-. The molecular formula is C73H132O6. The highest BCUT2D eigenvalue weighted by Gasteiger charge is 2.19. The van der Waals surface area contributed by atoms with E-state index < -0.39 is 6.10 Å². The van der Waals surface area contributed by atoms with Gasteiger partial charge in [-0.3, -0.25) is 14.4 Å². The van der Waals surface area contributed by atoms with Crippen LogP contribution in [0.3, 0.4) is 0 Å².